The maximum absolute atomic E-state index is 13.4. The molecule has 1 heterocycles. The monoisotopic (exact) mass is 372 g/mol. The lowest BCUT2D eigenvalue weighted by atomic mass is 10.1. The van der Waals surface area contributed by atoms with Crippen molar-refractivity contribution in [3.05, 3.63) is 40.3 Å². The van der Waals surface area contributed by atoms with Crippen LogP contribution in [-0.2, 0) is 6.54 Å². The normalized spacial score (nSPS) is 11.5. The first kappa shape index (κ1) is 21.1. The number of nitrogens with zero attached hydrogens (tertiary/aromatic N) is 4. The molecule has 0 spiro atoms. The molecule has 6 nitrogen and oxygen atoms in total. The number of carbonyl (C=O) groups excluding carboxylic acids is 1. The van der Waals surface area contributed by atoms with Crippen molar-refractivity contribution in [2.24, 2.45) is 5.92 Å². The summed E-state index contributed by atoms with van der Waals surface area (Å²) in [5.74, 6) is 0.253. The van der Waals surface area contributed by atoms with E-state index < -0.39 is 0 Å². The van der Waals surface area contributed by atoms with Crippen LogP contribution in [0, 0.1) is 5.92 Å². The second kappa shape index (κ2) is 9.65. The molecular weight excluding hydrogens is 340 g/mol. The van der Waals surface area contributed by atoms with Gasteiger partial charge in [0.1, 0.15) is 0 Å². The minimum Gasteiger partial charge on any atom is -0.336 e. The van der Waals surface area contributed by atoms with Crippen LogP contribution >= 0.6 is 0 Å². The van der Waals surface area contributed by atoms with Crippen molar-refractivity contribution in [3.63, 3.8) is 0 Å². The SMILES string of the molecule is CCN(CC)CCN(CC(C)C)C(=O)c1nn(CC)c(=O)c2ccccc12. The number of rotatable bonds is 9. The number of amides is 1. The van der Waals surface area contributed by atoms with Crippen LogP contribution in [0.2, 0.25) is 0 Å². The zero-order chi connectivity index (χ0) is 20.0. The summed E-state index contributed by atoms with van der Waals surface area (Å²) in [7, 11) is 0. The second-order valence-electron chi connectivity index (χ2n) is 7.19. The molecule has 0 atom stereocenters. The number of hydrogen-bond acceptors (Lipinski definition) is 4. The van der Waals surface area contributed by atoms with Crippen molar-refractivity contribution in [1.29, 1.82) is 0 Å². The number of aryl methyl sites for hydroxylation is 1. The lowest BCUT2D eigenvalue weighted by Gasteiger charge is -2.28. The summed E-state index contributed by atoms with van der Waals surface area (Å²) >= 11 is 0. The predicted octanol–water partition coefficient (Wildman–Crippen LogP) is 2.86. The molecule has 0 radical (unpaired) electrons. The number of aromatic nitrogens is 2. The van der Waals surface area contributed by atoms with E-state index in [1.807, 2.05) is 30.0 Å². The van der Waals surface area contributed by atoms with Crippen LogP contribution in [0.5, 0.6) is 0 Å². The highest BCUT2D eigenvalue weighted by molar-refractivity contribution is 6.04. The molecule has 0 N–H and O–H groups in total. The molecule has 27 heavy (non-hydrogen) atoms. The largest absolute Gasteiger partial charge is 0.336 e. The molecule has 148 valence electrons. The highest BCUT2D eigenvalue weighted by atomic mass is 16.2. The Morgan fingerprint density at radius 3 is 2.26 bits per heavy atom. The Morgan fingerprint density at radius 1 is 1.07 bits per heavy atom. The standard InChI is InChI=1S/C21H32N4O2/c1-6-23(7-2)13-14-24(15-16(4)5)21(27)19-17-11-9-10-12-18(17)20(26)25(8-3)22-19/h9-12,16H,6-8,13-15H2,1-5H3. The Kier molecular flexibility index (Phi) is 7.54. The smallest absolute Gasteiger partial charge is 0.274 e. The first-order chi connectivity index (χ1) is 12.9. The van der Waals surface area contributed by atoms with Crippen molar-refractivity contribution in [3.8, 4) is 0 Å². The van der Waals surface area contributed by atoms with Gasteiger partial charge in [-0.2, -0.15) is 5.10 Å². The van der Waals surface area contributed by atoms with Crippen molar-refractivity contribution in [2.75, 3.05) is 32.7 Å². The highest BCUT2D eigenvalue weighted by Gasteiger charge is 2.23. The molecule has 6 heteroatoms. The Bertz CT molecular complexity index is 825. The summed E-state index contributed by atoms with van der Waals surface area (Å²) < 4.78 is 1.38. The van der Waals surface area contributed by atoms with Crippen LogP contribution in [0.1, 0.15) is 45.1 Å². The van der Waals surface area contributed by atoms with Crippen LogP contribution in [-0.4, -0.2) is 58.2 Å². The summed E-state index contributed by atoms with van der Waals surface area (Å²) in [4.78, 5) is 30.1. The number of carbonyl (C=O) groups is 1. The highest BCUT2D eigenvalue weighted by Crippen LogP contribution is 2.16. The van der Waals surface area contributed by atoms with Gasteiger partial charge in [-0.3, -0.25) is 9.59 Å². The molecular formula is C21H32N4O2. The number of fused-ring (bicyclic) bond motifs is 1. The van der Waals surface area contributed by atoms with E-state index in [4.69, 9.17) is 0 Å². The molecule has 2 rings (SSSR count). The summed E-state index contributed by atoms with van der Waals surface area (Å²) in [6.07, 6.45) is 0. The van der Waals surface area contributed by atoms with Gasteiger partial charge in [0.05, 0.1) is 5.39 Å². The number of hydrogen-bond donors (Lipinski definition) is 0. The molecule has 2 aromatic rings. The van der Waals surface area contributed by atoms with Gasteiger partial charge in [-0.25, -0.2) is 4.68 Å². The number of benzene rings is 1. The van der Waals surface area contributed by atoms with E-state index in [1.54, 1.807) is 6.07 Å². The van der Waals surface area contributed by atoms with Crippen LogP contribution < -0.4 is 5.56 Å². The van der Waals surface area contributed by atoms with E-state index in [0.29, 0.717) is 42.0 Å². The van der Waals surface area contributed by atoms with E-state index in [1.165, 1.54) is 4.68 Å². The Hall–Kier alpha value is -2.21. The van der Waals surface area contributed by atoms with Gasteiger partial charge in [0.15, 0.2) is 5.69 Å². The van der Waals surface area contributed by atoms with Crippen LogP contribution in [0.3, 0.4) is 0 Å². The molecule has 0 saturated carbocycles. The molecule has 0 unspecified atom stereocenters. The molecule has 0 aliphatic heterocycles. The summed E-state index contributed by atoms with van der Waals surface area (Å²) in [6.45, 7) is 14.8. The maximum atomic E-state index is 13.4. The van der Waals surface area contributed by atoms with Gasteiger partial charge in [-0.1, -0.05) is 45.9 Å². The van der Waals surface area contributed by atoms with Gasteiger partial charge in [0.2, 0.25) is 0 Å². The molecule has 1 aromatic carbocycles. The zero-order valence-electron chi connectivity index (χ0n) is 17.2. The Morgan fingerprint density at radius 2 is 1.70 bits per heavy atom. The molecule has 0 saturated heterocycles. The molecule has 0 aliphatic rings. The topological polar surface area (TPSA) is 58.4 Å². The van der Waals surface area contributed by atoms with E-state index >= 15 is 0 Å². The predicted molar refractivity (Wildman–Crippen MR) is 110 cm³/mol. The second-order valence-corrected chi connectivity index (χ2v) is 7.19. The maximum Gasteiger partial charge on any atom is 0.274 e. The fourth-order valence-electron chi connectivity index (χ4n) is 3.28. The minimum absolute atomic E-state index is 0.103. The first-order valence-corrected chi connectivity index (χ1v) is 9.94. The lowest BCUT2D eigenvalue weighted by molar-refractivity contribution is 0.0710. The van der Waals surface area contributed by atoms with Crippen molar-refractivity contribution in [1.82, 2.24) is 19.6 Å². The van der Waals surface area contributed by atoms with Crippen molar-refractivity contribution in [2.45, 2.75) is 41.2 Å². The zero-order valence-corrected chi connectivity index (χ0v) is 17.2. The average Bonchev–Trinajstić information content (AvgIpc) is 2.67. The van der Waals surface area contributed by atoms with Gasteiger partial charge in [-0.15, -0.1) is 0 Å². The number of likely N-dealkylation sites (N-methyl/N-ethyl adjacent to an activating group) is 1. The minimum atomic E-state index is -0.150. The Labute approximate surface area is 161 Å². The molecule has 1 aromatic heterocycles. The lowest BCUT2D eigenvalue weighted by Crippen LogP contribution is -2.41. The fraction of sp³-hybridized carbons (Fsp3) is 0.571. The van der Waals surface area contributed by atoms with Gasteiger partial charge in [0, 0.05) is 31.6 Å². The van der Waals surface area contributed by atoms with E-state index in [-0.39, 0.29) is 11.5 Å². The quantitative estimate of drug-likeness (QED) is 0.679. The molecule has 0 bridgehead atoms. The van der Waals surface area contributed by atoms with E-state index in [0.717, 1.165) is 19.6 Å². The van der Waals surface area contributed by atoms with Gasteiger partial charge in [-0.05, 0) is 32.0 Å². The first-order valence-electron chi connectivity index (χ1n) is 9.94. The third-order valence-corrected chi connectivity index (χ3v) is 4.82. The van der Waals surface area contributed by atoms with Crippen molar-refractivity contribution >= 4 is 16.7 Å². The molecule has 0 fully saturated rings. The van der Waals surface area contributed by atoms with E-state index in [2.05, 4.69) is 37.7 Å². The average molecular weight is 373 g/mol. The molecule has 1 amide bonds. The summed E-state index contributed by atoms with van der Waals surface area (Å²) in [6, 6.07) is 7.25. The van der Waals surface area contributed by atoms with Crippen LogP contribution in [0.25, 0.3) is 10.8 Å². The third-order valence-electron chi connectivity index (χ3n) is 4.82. The fourth-order valence-corrected chi connectivity index (χ4v) is 3.28. The van der Waals surface area contributed by atoms with Gasteiger partial charge < -0.3 is 9.80 Å². The van der Waals surface area contributed by atoms with Crippen LogP contribution in [0.15, 0.2) is 29.1 Å². The van der Waals surface area contributed by atoms with Gasteiger partial charge in [0.25, 0.3) is 11.5 Å². The third kappa shape index (κ3) is 4.95. The van der Waals surface area contributed by atoms with Gasteiger partial charge >= 0.3 is 0 Å². The summed E-state index contributed by atoms with van der Waals surface area (Å²) in [5, 5.41) is 5.59. The van der Waals surface area contributed by atoms with E-state index in [9.17, 15) is 9.59 Å². The summed E-state index contributed by atoms with van der Waals surface area (Å²) in [5.41, 5.74) is 0.218. The molecule has 0 aliphatic carbocycles. The Balaban J connectivity index is 2.44. The van der Waals surface area contributed by atoms with Crippen molar-refractivity contribution < 1.29 is 4.79 Å². The van der Waals surface area contributed by atoms with Crippen LogP contribution in [0.4, 0.5) is 0 Å².